The molecular weight excluding hydrogens is 198 g/mol. The molecule has 2 heteroatoms. The minimum absolute atomic E-state index is 0.0629. The highest BCUT2D eigenvalue weighted by atomic mass is 16.5. The van der Waals surface area contributed by atoms with E-state index in [1.807, 2.05) is 6.07 Å². The number of rotatable bonds is 1. The Morgan fingerprint density at radius 1 is 1.00 bits per heavy atom. The first kappa shape index (κ1) is 10.3. The summed E-state index contributed by atoms with van der Waals surface area (Å²) in [7, 11) is 0. The zero-order valence-corrected chi connectivity index (χ0v) is 9.61. The fourth-order valence-electron chi connectivity index (χ4n) is 3.31. The smallest absolute Gasteiger partial charge is 0.0924 e. The predicted octanol–water partition coefficient (Wildman–Crippen LogP) is 2.57. The van der Waals surface area contributed by atoms with Crippen molar-refractivity contribution < 1.29 is 4.74 Å². The monoisotopic (exact) mass is 217 g/mol. The quantitative estimate of drug-likeness (QED) is 0.784. The molecule has 2 fully saturated rings. The highest BCUT2D eigenvalue weighted by Gasteiger charge is 2.55. The third-order valence-electron chi connectivity index (χ3n) is 4.39. The van der Waals surface area contributed by atoms with Crippen molar-refractivity contribution in [2.45, 2.75) is 43.2 Å². The summed E-state index contributed by atoms with van der Waals surface area (Å²) in [6.45, 7) is 0.881. The van der Waals surface area contributed by atoms with Crippen LogP contribution in [-0.2, 0) is 10.3 Å². The zero-order chi connectivity index (χ0) is 11.1. The molecule has 1 spiro atoms. The molecule has 2 N–H and O–H groups in total. The third-order valence-corrected chi connectivity index (χ3v) is 4.39. The van der Waals surface area contributed by atoms with Crippen LogP contribution in [0.3, 0.4) is 0 Å². The van der Waals surface area contributed by atoms with Crippen LogP contribution in [-0.4, -0.2) is 12.2 Å². The summed E-state index contributed by atoms with van der Waals surface area (Å²) in [6.07, 6.45) is 5.77. The Hall–Kier alpha value is -0.860. The highest BCUT2D eigenvalue weighted by molar-refractivity contribution is 5.30. The fourth-order valence-corrected chi connectivity index (χ4v) is 3.31. The van der Waals surface area contributed by atoms with Crippen molar-refractivity contribution >= 4 is 0 Å². The molecule has 1 aromatic carbocycles. The van der Waals surface area contributed by atoms with Crippen LogP contribution in [0.15, 0.2) is 30.3 Å². The summed E-state index contributed by atoms with van der Waals surface area (Å²) < 4.78 is 5.90. The van der Waals surface area contributed by atoms with Gasteiger partial charge in [0.05, 0.1) is 17.7 Å². The summed E-state index contributed by atoms with van der Waals surface area (Å²) in [5, 5.41) is 0. The molecule has 1 aliphatic carbocycles. The summed E-state index contributed by atoms with van der Waals surface area (Å²) >= 11 is 0. The van der Waals surface area contributed by atoms with E-state index in [-0.39, 0.29) is 11.1 Å². The van der Waals surface area contributed by atoms with Crippen molar-refractivity contribution in [1.29, 1.82) is 0 Å². The largest absolute Gasteiger partial charge is 0.373 e. The molecule has 1 saturated heterocycles. The van der Waals surface area contributed by atoms with Gasteiger partial charge < -0.3 is 10.5 Å². The van der Waals surface area contributed by atoms with Crippen LogP contribution in [0.2, 0.25) is 0 Å². The topological polar surface area (TPSA) is 35.2 Å². The maximum absolute atomic E-state index is 6.70. The molecule has 16 heavy (non-hydrogen) atoms. The van der Waals surface area contributed by atoms with Gasteiger partial charge in [0.2, 0.25) is 0 Å². The maximum Gasteiger partial charge on any atom is 0.0924 e. The summed E-state index contributed by atoms with van der Waals surface area (Å²) in [4.78, 5) is 0. The van der Waals surface area contributed by atoms with Gasteiger partial charge in [-0.2, -0.15) is 0 Å². The van der Waals surface area contributed by atoms with Crippen molar-refractivity contribution in [3.63, 3.8) is 0 Å². The Morgan fingerprint density at radius 2 is 1.69 bits per heavy atom. The Kier molecular flexibility index (Phi) is 2.30. The second-order valence-corrected chi connectivity index (χ2v) is 5.14. The normalized spacial score (nSPS) is 38.3. The van der Waals surface area contributed by atoms with E-state index >= 15 is 0 Å². The SMILES string of the molecule is N[C@@]1(c2ccccc2)CCCCC12CCO2. The van der Waals surface area contributed by atoms with Gasteiger partial charge in [-0.15, -0.1) is 0 Å². The van der Waals surface area contributed by atoms with Crippen molar-refractivity contribution in [2.24, 2.45) is 5.73 Å². The second-order valence-electron chi connectivity index (χ2n) is 5.14. The third kappa shape index (κ3) is 1.26. The first-order chi connectivity index (χ1) is 7.77. The van der Waals surface area contributed by atoms with E-state index in [4.69, 9.17) is 10.5 Å². The molecule has 0 amide bonds. The Bertz CT molecular complexity index is 372. The second kappa shape index (κ2) is 3.57. The fraction of sp³-hybridized carbons (Fsp3) is 0.571. The standard InChI is InChI=1S/C14H19NO/c15-14(12-6-2-1-3-7-12)9-5-4-8-13(14)10-11-16-13/h1-3,6-7H,4-5,8-11,15H2/t13?,14-/m1/s1. The molecule has 1 heterocycles. The van der Waals surface area contributed by atoms with Gasteiger partial charge in [0.1, 0.15) is 0 Å². The number of benzene rings is 1. The number of ether oxygens (including phenoxy) is 1. The first-order valence-electron chi connectivity index (χ1n) is 6.25. The Balaban J connectivity index is 2.01. The molecule has 0 bridgehead atoms. The molecule has 2 aliphatic rings. The lowest BCUT2D eigenvalue weighted by Gasteiger charge is -2.56. The molecule has 1 aliphatic heterocycles. The summed E-state index contributed by atoms with van der Waals surface area (Å²) in [6, 6.07) is 10.5. The highest BCUT2D eigenvalue weighted by Crippen LogP contribution is 2.50. The molecule has 1 unspecified atom stereocenters. The summed E-state index contributed by atoms with van der Waals surface area (Å²) in [5.41, 5.74) is 7.62. The molecular formula is C14H19NO. The van der Waals surface area contributed by atoms with E-state index in [0.717, 1.165) is 25.9 Å². The van der Waals surface area contributed by atoms with Crippen LogP contribution in [0, 0.1) is 0 Å². The minimum atomic E-state index is -0.259. The van der Waals surface area contributed by atoms with Crippen LogP contribution < -0.4 is 5.73 Å². The van der Waals surface area contributed by atoms with E-state index in [0.29, 0.717) is 0 Å². The van der Waals surface area contributed by atoms with E-state index in [1.54, 1.807) is 0 Å². The van der Waals surface area contributed by atoms with Crippen LogP contribution in [0.5, 0.6) is 0 Å². The lowest BCUT2D eigenvalue weighted by molar-refractivity contribution is -0.209. The lowest BCUT2D eigenvalue weighted by Crippen LogP contribution is -2.66. The zero-order valence-electron chi connectivity index (χ0n) is 9.61. The predicted molar refractivity (Wildman–Crippen MR) is 64.1 cm³/mol. The van der Waals surface area contributed by atoms with Gasteiger partial charge >= 0.3 is 0 Å². The molecule has 2 nitrogen and oxygen atoms in total. The lowest BCUT2D eigenvalue weighted by atomic mass is 9.63. The summed E-state index contributed by atoms with van der Waals surface area (Å²) in [5.74, 6) is 0. The molecule has 0 aromatic heterocycles. The van der Waals surface area contributed by atoms with Crippen molar-refractivity contribution in [2.75, 3.05) is 6.61 Å². The Labute approximate surface area is 96.8 Å². The van der Waals surface area contributed by atoms with Crippen molar-refractivity contribution in [3.05, 3.63) is 35.9 Å². The van der Waals surface area contributed by atoms with Crippen LogP contribution in [0.25, 0.3) is 0 Å². The molecule has 86 valence electrons. The van der Waals surface area contributed by atoms with Crippen LogP contribution >= 0.6 is 0 Å². The van der Waals surface area contributed by atoms with Gasteiger partial charge in [0, 0.05) is 6.42 Å². The van der Waals surface area contributed by atoms with Gasteiger partial charge in [-0.25, -0.2) is 0 Å². The van der Waals surface area contributed by atoms with Gasteiger partial charge in [0.25, 0.3) is 0 Å². The van der Waals surface area contributed by atoms with E-state index in [1.165, 1.54) is 18.4 Å². The first-order valence-corrected chi connectivity index (χ1v) is 6.25. The number of hydrogen-bond acceptors (Lipinski definition) is 2. The number of hydrogen-bond donors (Lipinski definition) is 1. The van der Waals surface area contributed by atoms with Gasteiger partial charge in [-0.05, 0) is 18.4 Å². The van der Waals surface area contributed by atoms with Crippen molar-refractivity contribution in [1.82, 2.24) is 0 Å². The molecule has 2 atom stereocenters. The minimum Gasteiger partial charge on any atom is -0.373 e. The Morgan fingerprint density at radius 3 is 2.31 bits per heavy atom. The van der Waals surface area contributed by atoms with Crippen molar-refractivity contribution in [3.8, 4) is 0 Å². The average Bonchev–Trinajstić information content (AvgIpc) is 2.29. The molecule has 1 aromatic rings. The van der Waals surface area contributed by atoms with Gasteiger partial charge in [-0.1, -0.05) is 43.2 Å². The van der Waals surface area contributed by atoms with E-state index in [2.05, 4.69) is 24.3 Å². The maximum atomic E-state index is 6.70. The van der Waals surface area contributed by atoms with E-state index in [9.17, 15) is 0 Å². The molecule has 0 radical (unpaired) electrons. The van der Waals surface area contributed by atoms with Crippen LogP contribution in [0.4, 0.5) is 0 Å². The molecule has 3 rings (SSSR count). The molecule has 1 saturated carbocycles. The van der Waals surface area contributed by atoms with Crippen LogP contribution in [0.1, 0.15) is 37.7 Å². The number of nitrogens with two attached hydrogens (primary N) is 1. The van der Waals surface area contributed by atoms with Gasteiger partial charge in [0.15, 0.2) is 0 Å². The average molecular weight is 217 g/mol. The van der Waals surface area contributed by atoms with E-state index < -0.39 is 0 Å². The van der Waals surface area contributed by atoms with Gasteiger partial charge in [-0.3, -0.25) is 0 Å².